The van der Waals surface area contributed by atoms with Crippen molar-refractivity contribution >= 4 is 5.91 Å². The normalized spacial score (nSPS) is 11.1. The molecule has 0 fully saturated rings. The third-order valence-electron chi connectivity index (χ3n) is 3.40. The molecule has 1 heterocycles. The molecule has 1 aromatic rings. The number of nitrogens with one attached hydrogen (secondary N) is 1. The van der Waals surface area contributed by atoms with Crippen LogP contribution in [-0.4, -0.2) is 40.2 Å². The molecule has 0 aromatic carbocycles. The zero-order valence-corrected chi connectivity index (χ0v) is 12.9. The van der Waals surface area contributed by atoms with E-state index in [4.69, 9.17) is 0 Å². The molecule has 0 aliphatic heterocycles. The minimum Gasteiger partial charge on any atom is -0.344 e. The van der Waals surface area contributed by atoms with Crippen molar-refractivity contribution in [3.8, 4) is 0 Å². The molecule has 0 saturated carbocycles. The lowest BCUT2D eigenvalue weighted by Crippen LogP contribution is -2.30. The standard InChI is InChI=1S/C14H26N4O/c1-7-17(6)14(19)9-18-12(5)13(11(4)16-18)8-15-10(2)3/h10,15H,7-9H2,1-6H3. The Bertz CT molecular complexity index is 437. The van der Waals surface area contributed by atoms with Gasteiger partial charge >= 0.3 is 0 Å². The SMILES string of the molecule is CCN(C)C(=O)Cn1nc(C)c(CNC(C)C)c1C. The molecule has 0 unspecified atom stereocenters. The summed E-state index contributed by atoms with van der Waals surface area (Å²) < 4.78 is 1.81. The number of nitrogens with zero attached hydrogens (tertiary/aromatic N) is 3. The molecule has 108 valence electrons. The molecule has 1 rings (SSSR count). The van der Waals surface area contributed by atoms with Crippen molar-refractivity contribution in [2.45, 2.75) is 53.8 Å². The van der Waals surface area contributed by atoms with Gasteiger partial charge in [0.1, 0.15) is 6.54 Å². The molecule has 1 N–H and O–H groups in total. The fourth-order valence-electron chi connectivity index (χ4n) is 1.88. The lowest BCUT2D eigenvalue weighted by atomic mass is 10.2. The Morgan fingerprint density at radius 1 is 1.42 bits per heavy atom. The molecule has 5 heteroatoms. The van der Waals surface area contributed by atoms with Gasteiger partial charge in [0.25, 0.3) is 0 Å². The van der Waals surface area contributed by atoms with Crippen molar-refractivity contribution in [3.63, 3.8) is 0 Å². The van der Waals surface area contributed by atoms with Crippen molar-refractivity contribution in [2.24, 2.45) is 0 Å². The second-order valence-electron chi connectivity index (χ2n) is 5.25. The summed E-state index contributed by atoms with van der Waals surface area (Å²) >= 11 is 0. The summed E-state index contributed by atoms with van der Waals surface area (Å²) in [6.45, 7) is 12.1. The molecule has 0 saturated heterocycles. The van der Waals surface area contributed by atoms with Crippen LogP contribution in [-0.2, 0) is 17.9 Å². The van der Waals surface area contributed by atoms with Crippen LogP contribution < -0.4 is 5.32 Å². The van der Waals surface area contributed by atoms with Crippen LogP contribution >= 0.6 is 0 Å². The molecule has 5 nitrogen and oxygen atoms in total. The van der Waals surface area contributed by atoms with Gasteiger partial charge in [0.15, 0.2) is 0 Å². The maximum atomic E-state index is 11.9. The number of aryl methyl sites for hydroxylation is 1. The van der Waals surface area contributed by atoms with E-state index >= 15 is 0 Å². The van der Waals surface area contributed by atoms with E-state index in [1.54, 1.807) is 9.58 Å². The molecular formula is C14H26N4O. The van der Waals surface area contributed by atoms with Crippen LogP contribution in [0.25, 0.3) is 0 Å². The van der Waals surface area contributed by atoms with Crippen LogP contribution in [0.5, 0.6) is 0 Å². The highest BCUT2D eigenvalue weighted by atomic mass is 16.2. The molecule has 0 aliphatic carbocycles. The van der Waals surface area contributed by atoms with Gasteiger partial charge in [0.05, 0.1) is 5.69 Å². The third kappa shape index (κ3) is 4.06. The van der Waals surface area contributed by atoms with Gasteiger partial charge < -0.3 is 10.2 Å². The van der Waals surface area contributed by atoms with E-state index < -0.39 is 0 Å². The Morgan fingerprint density at radius 2 is 2.05 bits per heavy atom. The molecule has 1 amide bonds. The van der Waals surface area contributed by atoms with E-state index in [2.05, 4.69) is 24.3 Å². The van der Waals surface area contributed by atoms with Crippen molar-refractivity contribution in [1.29, 1.82) is 0 Å². The van der Waals surface area contributed by atoms with Gasteiger partial charge in [-0.25, -0.2) is 0 Å². The molecular weight excluding hydrogens is 240 g/mol. The highest BCUT2D eigenvalue weighted by molar-refractivity contribution is 5.75. The number of hydrogen-bond donors (Lipinski definition) is 1. The summed E-state index contributed by atoms with van der Waals surface area (Å²) in [7, 11) is 1.81. The van der Waals surface area contributed by atoms with Crippen LogP contribution in [0.1, 0.15) is 37.7 Å². The summed E-state index contributed by atoms with van der Waals surface area (Å²) in [6, 6.07) is 0.440. The Labute approximate surface area is 116 Å². The van der Waals surface area contributed by atoms with Gasteiger partial charge in [0, 0.05) is 37.4 Å². The number of rotatable bonds is 6. The van der Waals surface area contributed by atoms with E-state index in [1.807, 2.05) is 27.8 Å². The zero-order chi connectivity index (χ0) is 14.6. The second kappa shape index (κ2) is 6.70. The maximum Gasteiger partial charge on any atom is 0.244 e. The molecule has 0 spiro atoms. The topological polar surface area (TPSA) is 50.2 Å². The third-order valence-corrected chi connectivity index (χ3v) is 3.40. The Kier molecular flexibility index (Phi) is 5.54. The molecule has 0 atom stereocenters. The lowest BCUT2D eigenvalue weighted by molar-refractivity contribution is -0.130. The number of likely N-dealkylation sites (N-methyl/N-ethyl adjacent to an activating group) is 1. The van der Waals surface area contributed by atoms with Crippen molar-refractivity contribution < 1.29 is 4.79 Å². The molecule has 19 heavy (non-hydrogen) atoms. The monoisotopic (exact) mass is 266 g/mol. The summed E-state index contributed by atoms with van der Waals surface area (Å²) in [5, 5.41) is 7.87. The zero-order valence-electron chi connectivity index (χ0n) is 12.9. The van der Waals surface area contributed by atoms with Gasteiger partial charge in [-0.05, 0) is 20.8 Å². The Morgan fingerprint density at radius 3 is 2.58 bits per heavy atom. The molecule has 0 radical (unpaired) electrons. The molecule has 0 aliphatic rings. The first-order valence-corrected chi connectivity index (χ1v) is 6.87. The number of amides is 1. The number of carbonyl (C=O) groups is 1. The van der Waals surface area contributed by atoms with Crippen LogP contribution in [0.4, 0.5) is 0 Å². The quantitative estimate of drug-likeness (QED) is 0.848. The van der Waals surface area contributed by atoms with Crippen LogP contribution in [0.3, 0.4) is 0 Å². The lowest BCUT2D eigenvalue weighted by Gasteiger charge is -2.15. The van der Waals surface area contributed by atoms with Crippen molar-refractivity contribution in [2.75, 3.05) is 13.6 Å². The summed E-state index contributed by atoms with van der Waals surface area (Å²) in [6.07, 6.45) is 0. The Hall–Kier alpha value is -1.36. The van der Waals surface area contributed by atoms with Crippen LogP contribution in [0.15, 0.2) is 0 Å². The van der Waals surface area contributed by atoms with E-state index in [9.17, 15) is 4.79 Å². The van der Waals surface area contributed by atoms with Gasteiger partial charge in [-0.1, -0.05) is 13.8 Å². The predicted octanol–water partition coefficient (Wildman–Crippen LogP) is 1.48. The molecule has 0 bridgehead atoms. The van der Waals surface area contributed by atoms with Gasteiger partial charge in [-0.15, -0.1) is 0 Å². The molecule has 1 aromatic heterocycles. The van der Waals surface area contributed by atoms with Gasteiger partial charge in [-0.3, -0.25) is 9.48 Å². The number of carbonyl (C=O) groups excluding carboxylic acids is 1. The average Bonchev–Trinajstić information content (AvgIpc) is 2.61. The minimum absolute atomic E-state index is 0.0940. The highest BCUT2D eigenvalue weighted by Crippen LogP contribution is 2.13. The average molecular weight is 266 g/mol. The van der Waals surface area contributed by atoms with Crippen LogP contribution in [0, 0.1) is 13.8 Å². The first-order chi connectivity index (χ1) is 8.86. The van der Waals surface area contributed by atoms with E-state index in [0.717, 1.165) is 24.5 Å². The van der Waals surface area contributed by atoms with Crippen LogP contribution in [0.2, 0.25) is 0 Å². The smallest absolute Gasteiger partial charge is 0.244 e. The Balaban J connectivity index is 2.81. The largest absolute Gasteiger partial charge is 0.344 e. The minimum atomic E-state index is 0.0940. The maximum absolute atomic E-state index is 11.9. The highest BCUT2D eigenvalue weighted by Gasteiger charge is 2.15. The summed E-state index contributed by atoms with van der Waals surface area (Å²) in [5.74, 6) is 0.0940. The van der Waals surface area contributed by atoms with Crippen molar-refractivity contribution in [3.05, 3.63) is 17.0 Å². The fourth-order valence-corrected chi connectivity index (χ4v) is 1.88. The van der Waals surface area contributed by atoms with Gasteiger partial charge in [0.2, 0.25) is 5.91 Å². The van der Waals surface area contributed by atoms with E-state index in [-0.39, 0.29) is 5.91 Å². The predicted molar refractivity (Wildman–Crippen MR) is 77.0 cm³/mol. The number of hydrogen-bond acceptors (Lipinski definition) is 3. The summed E-state index contributed by atoms with van der Waals surface area (Å²) in [5.41, 5.74) is 3.27. The number of aromatic nitrogens is 2. The van der Waals surface area contributed by atoms with E-state index in [1.165, 1.54) is 5.56 Å². The second-order valence-corrected chi connectivity index (χ2v) is 5.25. The first kappa shape index (κ1) is 15.7. The summed E-state index contributed by atoms with van der Waals surface area (Å²) in [4.78, 5) is 13.6. The van der Waals surface area contributed by atoms with Crippen molar-refractivity contribution in [1.82, 2.24) is 20.0 Å². The first-order valence-electron chi connectivity index (χ1n) is 6.87. The van der Waals surface area contributed by atoms with Gasteiger partial charge in [-0.2, -0.15) is 5.10 Å². The van der Waals surface area contributed by atoms with E-state index in [0.29, 0.717) is 12.6 Å². The fraction of sp³-hybridized carbons (Fsp3) is 0.714.